The summed E-state index contributed by atoms with van der Waals surface area (Å²) >= 11 is 0. The SMILES string of the molecule is [2H]c1c([2H])c([2H])c(-c2c([2H])c([2H])c(-c3c4ccccc4c(-c4ccc5oc6ccccc6c5c4-c4c([2H])c([2H])c([2H])c([2H])c4[2H])c4ccccc34)c([2H])c2[2H])c([2H])c1[2H]. The smallest absolute Gasteiger partial charge is 0.136 e. The largest absolute Gasteiger partial charge is 0.456 e. The first kappa shape index (κ1) is 15.2. The summed E-state index contributed by atoms with van der Waals surface area (Å²) in [7, 11) is 0. The van der Waals surface area contributed by atoms with E-state index in [4.69, 9.17) is 20.9 Å². The molecule has 0 unspecified atom stereocenters. The van der Waals surface area contributed by atoms with E-state index in [0.717, 1.165) is 0 Å². The molecule has 1 aromatic heterocycles. The van der Waals surface area contributed by atoms with Gasteiger partial charge in [-0.3, -0.25) is 0 Å². The van der Waals surface area contributed by atoms with Crippen molar-refractivity contribution < 1.29 is 23.6 Å². The van der Waals surface area contributed by atoms with Crippen LogP contribution in [0.25, 0.3) is 88.0 Å². The van der Waals surface area contributed by atoms with Crippen LogP contribution in [-0.4, -0.2) is 0 Å². The third-order valence-corrected chi connectivity index (χ3v) is 8.12. The van der Waals surface area contributed by atoms with E-state index in [0.29, 0.717) is 65.7 Å². The van der Waals surface area contributed by atoms with E-state index in [1.54, 1.807) is 54.6 Å². The number of rotatable bonds is 4. The highest BCUT2D eigenvalue weighted by molar-refractivity contribution is 6.25. The molecule has 0 spiro atoms. The van der Waals surface area contributed by atoms with Crippen molar-refractivity contribution in [1.82, 2.24) is 0 Å². The predicted octanol–water partition coefficient (Wildman–Crippen LogP) is 12.6. The molecule has 0 aliphatic heterocycles. The highest BCUT2D eigenvalue weighted by Crippen LogP contribution is 2.49. The summed E-state index contributed by atoms with van der Waals surface area (Å²) in [6.07, 6.45) is 0. The highest BCUT2D eigenvalue weighted by atomic mass is 16.3. The Morgan fingerprint density at radius 1 is 0.356 bits per heavy atom. The molecule has 9 aromatic rings. The fraction of sp³-hybridized carbons (Fsp3) is 0. The van der Waals surface area contributed by atoms with Gasteiger partial charge in [0.1, 0.15) is 11.2 Å². The lowest BCUT2D eigenvalue weighted by Gasteiger charge is -2.20. The lowest BCUT2D eigenvalue weighted by Crippen LogP contribution is -1.93. The molecule has 0 radical (unpaired) electrons. The second-order valence-electron chi connectivity index (χ2n) is 10.6. The lowest BCUT2D eigenvalue weighted by atomic mass is 9.82. The maximum Gasteiger partial charge on any atom is 0.136 e. The number of hydrogen-bond donors (Lipinski definition) is 0. The molecule has 0 aliphatic carbocycles. The summed E-state index contributed by atoms with van der Waals surface area (Å²) in [5, 5.41) is 3.42. The van der Waals surface area contributed by atoms with Crippen LogP contribution >= 0.6 is 0 Å². The third kappa shape index (κ3) is 4.09. The molecule has 0 aliphatic rings. The third-order valence-electron chi connectivity index (χ3n) is 8.12. The van der Waals surface area contributed by atoms with Crippen LogP contribution in [-0.2, 0) is 0 Å². The van der Waals surface area contributed by atoms with Crippen LogP contribution in [0.2, 0.25) is 0 Å². The van der Waals surface area contributed by atoms with Gasteiger partial charge >= 0.3 is 0 Å². The predicted molar refractivity (Wildman–Crippen MR) is 190 cm³/mol. The Morgan fingerprint density at radius 3 is 1.44 bits per heavy atom. The van der Waals surface area contributed by atoms with Crippen LogP contribution in [0.3, 0.4) is 0 Å². The van der Waals surface area contributed by atoms with Crippen molar-refractivity contribution in [3.63, 3.8) is 0 Å². The van der Waals surface area contributed by atoms with Crippen molar-refractivity contribution in [2.24, 2.45) is 0 Å². The Hall–Kier alpha value is -5.92. The van der Waals surface area contributed by atoms with E-state index in [2.05, 4.69) is 0 Å². The summed E-state index contributed by atoms with van der Waals surface area (Å²) in [5.74, 6) is 0. The number of hydrogen-bond acceptors (Lipinski definition) is 1. The van der Waals surface area contributed by atoms with E-state index in [1.165, 1.54) is 0 Å². The van der Waals surface area contributed by atoms with Gasteiger partial charge in [0.25, 0.3) is 0 Å². The van der Waals surface area contributed by atoms with Crippen molar-refractivity contribution in [1.29, 1.82) is 0 Å². The van der Waals surface area contributed by atoms with E-state index in [9.17, 15) is 2.74 Å². The molecule has 0 amide bonds. The molecule has 0 fully saturated rings. The van der Waals surface area contributed by atoms with E-state index in [-0.39, 0.29) is 11.1 Å². The normalized spacial score (nSPS) is 15.9. The first-order valence-corrected chi connectivity index (χ1v) is 14.3. The highest BCUT2D eigenvalue weighted by Gasteiger charge is 2.22. The molecule has 1 heteroatoms. The second kappa shape index (κ2) is 10.4. The summed E-state index contributed by atoms with van der Waals surface area (Å²) in [6, 6.07) is 17.5. The average molecular weight is 587 g/mol. The van der Waals surface area contributed by atoms with Crippen LogP contribution in [0, 0.1) is 0 Å². The lowest BCUT2D eigenvalue weighted by molar-refractivity contribution is 0.669. The van der Waals surface area contributed by atoms with E-state index in [1.807, 2.05) is 30.3 Å². The van der Waals surface area contributed by atoms with Crippen LogP contribution in [0.4, 0.5) is 0 Å². The van der Waals surface area contributed by atoms with Gasteiger partial charge in [-0.05, 0) is 78.7 Å². The minimum Gasteiger partial charge on any atom is -0.456 e. The van der Waals surface area contributed by atoms with Gasteiger partial charge in [-0.2, -0.15) is 0 Å². The Kier molecular flexibility index (Phi) is 3.50. The Balaban J connectivity index is 1.44. The van der Waals surface area contributed by atoms with Gasteiger partial charge in [-0.25, -0.2) is 0 Å². The van der Waals surface area contributed by atoms with Crippen molar-refractivity contribution in [3.05, 3.63) is 170 Å². The molecule has 1 heterocycles. The molecule has 1 nitrogen and oxygen atoms in total. The monoisotopic (exact) mass is 586 g/mol. The molecular formula is C44H28O. The molecule has 8 aromatic carbocycles. The maximum absolute atomic E-state index is 9.37. The average Bonchev–Trinajstić information content (AvgIpc) is 3.63. The van der Waals surface area contributed by atoms with E-state index < -0.39 is 95.7 Å². The fourth-order valence-corrected chi connectivity index (χ4v) is 6.29. The van der Waals surface area contributed by atoms with Gasteiger partial charge in [-0.1, -0.05) is 151 Å². The van der Waals surface area contributed by atoms with Gasteiger partial charge < -0.3 is 4.42 Å². The summed E-state index contributed by atoms with van der Waals surface area (Å²) < 4.78 is 129. The zero-order valence-electron chi connectivity index (χ0n) is 37.5. The van der Waals surface area contributed by atoms with Gasteiger partial charge in [0, 0.05) is 16.3 Å². The molecule has 0 saturated heterocycles. The molecule has 0 saturated carbocycles. The molecule has 0 atom stereocenters. The molecule has 0 N–H and O–H groups in total. The molecule has 210 valence electrons. The fourth-order valence-electron chi connectivity index (χ4n) is 6.29. The van der Waals surface area contributed by atoms with Gasteiger partial charge in [0.2, 0.25) is 0 Å². The number of benzene rings is 8. The van der Waals surface area contributed by atoms with Crippen LogP contribution in [0.5, 0.6) is 0 Å². The van der Waals surface area contributed by atoms with Crippen LogP contribution in [0.1, 0.15) is 19.2 Å². The number of para-hydroxylation sites is 1. The minimum absolute atomic E-state index is 0.0248. The van der Waals surface area contributed by atoms with Crippen LogP contribution < -0.4 is 0 Å². The maximum atomic E-state index is 9.37. The summed E-state index contributed by atoms with van der Waals surface area (Å²) in [4.78, 5) is 0. The first-order valence-electron chi connectivity index (χ1n) is 21.3. The topological polar surface area (TPSA) is 13.1 Å². The first-order chi connectivity index (χ1) is 28.2. The standard InChI is InChI=1S/C44H28O/c1-3-13-29(14-4-1)30-23-25-32(26-24-30)41-33-17-7-9-19-35(33)43(36-20-10-8-18-34(36)41)38-27-28-40-44(37-21-11-12-22-39(37)45-40)42(38)31-15-5-2-6-16-31/h1-28H/i1D,2D,3D,4D,5D,6D,13D,14D,15D,16D,23D,24D,25D,26D. The zero-order chi connectivity index (χ0) is 41.9. The minimum atomic E-state index is -0.667. The molecule has 9 rings (SSSR count). The Bertz CT molecular complexity index is 3190. The van der Waals surface area contributed by atoms with Gasteiger partial charge in [0.15, 0.2) is 0 Å². The summed E-state index contributed by atoms with van der Waals surface area (Å²) in [5.41, 5.74) is 1.84. The van der Waals surface area contributed by atoms with Crippen molar-refractivity contribution in [2.75, 3.05) is 0 Å². The van der Waals surface area contributed by atoms with Crippen molar-refractivity contribution in [2.45, 2.75) is 0 Å². The van der Waals surface area contributed by atoms with E-state index >= 15 is 0 Å². The Morgan fingerprint density at radius 2 is 0.822 bits per heavy atom. The molecule has 45 heavy (non-hydrogen) atoms. The quantitative estimate of drug-likeness (QED) is 0.187. The second-order valence-corrected chi connectivity index (χ2v) is 10.6. The van der Waals surface area contributed by atoms with Gasteiger partial charge in [0.05, 0.1) is 19.2 Å². The van der Waals surface area contributed by atoms with Crippen LogP contribution in [0.15, 0.2) is 174 Å². The Labute approximate surface area is 281 Å². The number of furan rings is 1. The number of fused-ring (bicyclic) bond motifs is 5. The van der Waals surface area contributed by atoms with Gasteiger partial charge in [-0.15, -0.1) is 0 Å². The van der Waals surface area contributed by atoms with Crippen molar-refractivity contribution in [3.8, 4) is 44.5 Å². The van der Waals surface area contributed by atoms with Crippen molar-refractivity contribution >= 4 is 43.5 Å². The molecule has 0 bridgehead atoms. The summed E-state index contributed by atoms with van der Waals surface area (Å²) in [6.45, 7) is 0. The zero-order valence-corrected chi connectivity index (χ0v) is 23.5. The molecular weight excluding hydrogens is 544 g/mol.